The number of nitrogens with one attached hydrogen (secondary N) is 1. The van der Waals surface area contributed by atoms with E-state index in [-0.39, 0.29) is 11.7 Å². The number of carbonyl (C=O) groups is 1. The molecule has 1 fully saturated rings. The monoisotopic (exact) mass is 433 g/mol. The molecule has 1 aliphatic heterocycles. The largest absolute Gasteiger partial charge is 0.492 e. The SMILES string of the molecule is CCOc1ccccc1NC(=O)C(c1ccccc1)N1CCN(c2ccc(F)cc2)CC1. The summed E-state index contributed by atoms with van der Waals surface area (Å²) >= 11 is 0. The van der Waals surface area contributed by atoms with E-state index in [4.69, 9.17) is 4.74 Å². The van der Waals surface area contributed by atoms with Gasteiger partial charge in [0.15, 0.2) is 0 Å². The second-order valence-corrected chi connectivity index (χ2v) is 7.73. The Balaban J connectivity index is 1.52. The number of halogens is 1. The summed E-state index contributed by atoms with van der Waals surface area (Å²) in [5.41, 5.74) is 2.62. The van der Waals surface area contributed by atoms with E-state index >= 15 is 0 Å². The Bertz CT molecular complexity index is 1020. The fourth-order valence-corrected chi connectivity index (χ4v) is 4.11. The Morgan fingerprint density at radius 3 is 2.28 bits per heavy atom. The van der Waals surface area contributed by atoms with Gasteiger partial charge in [-0.15, -0.1) is 0 Å². The molecule has 1 N–H and O–H groups in total. The fourth-order valence-electron chi connectivity index (χ4n) is 4.11. The predicted octanol–water partition coefficient (Wildman–Crippen LogP) is 4.73. The molecule has 3 aromatic rings. The van der Waals surface area contributed by atoms with Gasteiger partial charge in [0.25, 0.3) is 0 Å². The fraction of sp³-hybridized carbons (Fsp3) is 0.269. The highest BCUT2D eigenvalue weighted by Crippen LogP contribution is 2.29. The highest BCUT2D eigenvalue weighted by atomic mass is 19.1. The van der Waals surface area contributed by atoms with Crippen LogP contribution in [0.15, 0.2) is 78.9 Å². The summed E-state index contributed by atoms with van der Waals surface area (Å²) in [7, 11) is 0. The van der Waals surface area contributed by atoms with Gasteiger partial charge < -0.3 is 15.0 Å². The Kier molecular flexibility index (Phi) is 7.02. The lowest BCUT2D eigenvalue weighted by Crippen LogP contribution is -2.50. The molecule has 1 amide bonds. The van der Waals surface area contributed by atoms with Crippen molar-refractivity contribution in [1.82, 2.24) is 4.90 Å². The molecule has 6 heteroatoms. The molecule has 1 saturated heterocycles. The van der Waals surface area contributed by atoms with Crippen molar-refractivity contribution in [1.29, 1.82) is 0 Å². The smallest absolute Gasteiger partial charge is 0.246 e. The van der Waals surface area contributed by atoms with Crippen molar-refractivity contribution in [2.24, 2.45) is 0 Å². The first kappa shape index (κ1) is 21.8. The van der Waals surface area contributed by atoms with E-state index in [1.165, 1.54) is 12.1 Å². The third-order valence-corrected chi connectivity index (χ3v) is 5.68. The van der Waals surface area contributed by atoms with Crippen molar-refractivity contribution < 1.29 is 13.9 Å². The van der Waals surface area contributed by atoms with E-state index in [0.29, 0.717) is 18.0 Å². The van der Waals surface area contributed by atoms with E-state index in [2.05, 4.69) is 15.1 Å². The van der Waals surface area contributed by atoms with Crippen LogP contribution in [0.3, 0.4) is 0 Å². The topological polar surface area (TPSA) is 44.8 Å². The lowest BCUT2D eigenvalue weighted by atomic mass is 10.0. The highest BCUT2D eigenvalue weighted by molar-refractivity contribution is 5.96. The van der Waals surface area contributed by atoms with Gasteiger partial charge >= 0.3 is 0 Å². The maximum Gasteiger partial charge on any atom is 0.246 e. The zero-order chi connectivity index (χ0) is 22.3. The van der Waals surface area contributed by atoms with Crippen LogP contribution in [0, 0.1) is 5.82 Å². The van der Waals surface area contributed by atoms with Gasteiger partial charge in [0.2, 0.25) is 5.91 Å². The Hall–Kier alpha value is -3.38. The van der Waals surface area contributed by atoms with Gasteiger partial charge in [-0.05, 0) is 48.9 Å². The highest BCUT2D eigenvalue weighted by Gasteiger charge is 2.31. The average Bonchev–Trinajstić information content (AvgIpc) is 2.82. The van der Waals surface area contributed by atoms with Crippen molar-refractivity contribution in [3.63, 3.8) is 0 Å². The van der Waals surface area contributed by atoms with E-state index in [1.807, 2.05) is 61.5 Å². The number of benzene rings is 3. The van der Waals surface area contributed by atoms with E-state index < -0.39 is 6.04 Å². The molecule has 0 aliphatic carbocycles. The van der Waals surface area contributed by atoms with Crippen molar-refractivity contribution in [3.05, 3.63) is 90.2 Å². The van der Waals surface area contributed by atoms with Gasteiger partial charge in [-0.3, -0.25) is 9.69 Å². The summed E-state index contributed by atoms with van der Waals surface area (Å²) in [6, 6.07) is 23.5. The number of ether oxygens (including phenoxy) is 1. The molecule has 32 heavy (non-hydrogen) atoms. The Labute approximate surface area is 188 Å². The minimum Gasteiger partial charge on any atom is -0.492 e. The van der Waals surface area contributed by atoms with Crippen molar-refractivity contribution >= 4 is 17.3 Å². The second-order valence-electron chi connectivity index (χ2n) is 7.73. The van der Waals surface area contributed by atoms with Crippen molar-refractivity contribution in [2.45, 2.75) is 13.0 Å². The van der Waals surface area contributed by atoms with Gasteiger partial charge in [-0.1, -0.05) is 42.5 Å². The zero-order valence-corrected chi connectivity index (χ0v) is 18.2. The number of amides is 1. The summed E-state index contributed by atoms with van der Waals surface area (Å²) < 4.78 is 19.0. The first-order valence-electron chi connectivity index (χ1n) is 11.0. The number of piperazine rings is 1. The molecule has 1 unspecified atom stereocenters. The van der Waals surface area contributed by atoms with E-state index in [0.717, 1.165) is 37.4 Å². The van der Waals surface area contributed by atoms with E-state index in [1.54, 1.807) is 12.1 Å². The first-order valence-corrected chi connectivity index (χ1v) is 11.0. The lowest BCUT2D eigenvalue weighted by molar-refractivity contribution is -0.121. The summed E-state index contributed by atoms with van der Waals surface area (Å²) in [5.74, 6) is 0.343. The molecule has 1 atom stereocenters. The molecule has 0 saturated carbocycles. The third-order valence-electron chi connectivity index (χ3n) is 5.68. The van der Waals surface area contributed by atoms with Gasteiger partial charge in [0.05, 0.1) is 12.3 Å². The van der Waals surface area contributed by atoms with Gasteiger partial charge in [-0.2, -0.15) is 0 Å². The second kappa shape index (κ2) is 10.3. The van der Waals surface area contributed by atoms with Crippen LogP contribution < -0.4 is 15.0 Å². The minimum absolute atomic E-state index is 0.0846. The number of nitrogens with zero attached hydrogens (tertiary/aromatic N) is 2. The number of hydrogen-bond acceptors (Lipinski definition) is 4. The third kappa shape index (κ3) is 5.08. The summed E-state index contributed by atoms with van der Waals surface area (Å²) in [6.45, 7) is 5.41. The number of carbonyl (C=O) groups excluding carboxylic acids is 1. The molecular formula is C26H28FN3O2. The summed E-state index contributed by atoms with van der Waals surface area (Å²) in [5, 5.41) is 3.08. The standard InChI is InChI=1S/C26H28FN3O2/c1-2-32-24-11-7-6-10-23(24)28-26(31)25(20-8-4-3-5-9-20)30-18-16-29(17-19-30)22-14-12-21(27)13-15-22/h3-15,25H,2,16-19H2,1H3,(H,28,31). The molecule has 4 rings (SSSR count). The van der Waals surface area contributed by atoms with Crippen LogP contribution >= 0.6 is 0 Å². The molecule has 5 nitrogen and oxygen atoms in total. The van der Waals surface area contributed by atoms with Crippen molar-refractivity contribution in [2.75, 3.05) is 43.0 Å². The van der Waals surface area contributed by atoms with Gasteiger partial charge in [0.1, 0.15) is 17.6 Å². The Morgan fingerprint density at radius 2 is 1.59 bits per heavy atom. The molecule has 3 aromatic carbocycles. The van der Waals surface area contributed by atoms with Crippen LogP contribution in [-0.2, 0) is 4.79 Å². The van der Waals surface area contributed by atoms with Gasteiger partial charge in [-0.25, -0.2) is 4.39 Å². The molecule has 0 bridgehead atoms. The maximum atomic E-state index is 13.5. The van der Waals surface area contributed by atoms with E-state index in [9.17, 15) is 9.18 Å². The quantitative estimate of drug-likeness (QED) is 0.585. The summed E-state index contributed by atoms with van der Waals surface area (Å²) in [4.78, 5) is 17.9. The molecule has 0 aromatic heterocycles. The molecule has 1 aliphatic rings. The average molecular weight is 434 g/mol. The van der Waals surface area contributed by atoms with Crippen LogP contribution in [0.1, 0.15) is 18.5 Å². The van der Waals surface area contributed by atoms with Crippen LogP contribution in [0.5, 0.6) is 5.75 Å². The lowest BCUT2D eigenvalue weighted by Gasteiger charge is -2.39. The summed E-state index contributed by atoms with van der Waals surface area (Å²) in [6.07, 6.45) is 0. The normalized spacial score (nSPS) is 15.2. The van der Waals surface area contributed by atoms with Crippen LogP contribution in [0.25, 0.3) is 0 Å². The predicted molar refractivity (Wildman–Crippen MR) is 126 cm³/mol. The minimum atomic E-state index is -0.416. The van der Waals surface area contributed by atoms with Crippen LogP contribution in [-0.4, -0.2) is 43.6 Å². The van der Waals surface area contributed by atoms with Crippen LogP contribution in [0.4, 0.5) is 15.8 Å². The molecule has 166 valence electrons. The number of hydrogen-bond donors (Lipinski definition) is 1. The first-order chi connectivity index (χ1) is 15.7. The molecule has 1 heterocycles. The molecule has 0 spiro atoms. The van der Waals surface area contributed by atoms with Gasteiger partial charge in [0, 0.05) is 31.9 Å². The van der Waals surface area contributed by atoms with Crippen molar-refractivity contribution in [3.8, 4) is 5.75 Å². The van der Waals surface area contributed by atoms with Crippen LogP contribution in [0.2, 0.25) is 0 Å². The number of para-hydroxylation sites is 2. The zero-order valence-electron chi connectivity index (χ0n) is 18.2. The molecule has 0 radical (unpaired) electrons. The number of rotatable bonds is 7. The number of anilines is 2. The Morgan fingerprint density at radius 1 is 0.938 bits per heavy atom. The maximum absolute atomic E-state index is 13.5. The molecular weight excluding hydrogens is 405 g/mol.